The Labute approximate surface area is 159 Å². The van der Waals surface area contributed by atoms with Crippen molar-refractivity contribution in [1.29, 1.82) is 0 Å². The number of fused-ring (bicyclic) bond motifs is 3. The lowest BCUT2D eigenvalue weighted by atomic mass is 9.85. The number of halogens is 1. The van der Waals surface area contributed by atoms with Crippen molar-refractivity contribution in [3.63, 3.8) is 0 Å². The van der Waals surface area contributed by atoms with Crippen LogP contribution in [0.1, 0.15) is 29.7 Å². The van der Waals surface area contributed by atoms with Crippen LogP contribution in [0.15, 0.2) is 54.6 Å². The van der Waals surface area contributed by atoms with Crippen LogP contribution in [-0.4, -0.2) is 29.5 Å². The first kappa shape index (κ1) is 16.8. The van der Waals surface area contributed by atoms with Crippen molar-refractivity contribution in [2.24, 2.45) is 5.92 Å². The summed E-state index contributed by atoms with van der Waals surface area (Å²) in [6.45, 7) is 3.27. The molecule has 1 unspecified atom stereocenters. The summed E-state index contributed by atoms with van der Waals surface area (Å²) in [7, 11) is 0. The lowest BCUT2D eigenvalue weighted by Gasteiger charge is -2.32. The smallest absolute Gasteiger partial charge is 0.123 e. The minimum absolute atomic E-state index is 0.161. The van der Waals surface area contributed by atoms with Gasteiger partial charge in [0, 0.05) is 36.2 Å². The van der Waals surface area contributed by atoms with Crippen molar-refractivity contribution in [3.05, 3.63) is 77.2 Å². The molecule has 1 aromatic heterocycles. The van der Waals surface area contributed by atoms with Gasteiger partial charge in [-0.25, -0.2) is 4.39 Å². The van der Waals surface area contributed by atoms with Crippen LogP contribution in [0.4, 0.5) is 4.39 Å². The highest BCUT2D eigenvalue weighted by molar-refractivity contribution is 5.84. The molecular weight excluding hydrogens is 335 g/mol. The molecule has 2 heterocycles. The van der Waals surface area contributed by atoms with Gasteiger partial charge in [-0.2, -0.15) is 0 Å². The predicted molar refractivity (Wildman–Crippen MR) is 109 cm³/mol. The van der Waals surface area contributed by atoms with Crippen molar-refractivity contribution >= 4 is 16.5 Å². The van der Waals surface area contributed by atoms with Crippen molar-refractivity contribution < 1.29 is 4.39 Å². The van der Waals surface area contributed by atoms with Gasteiger partial charge in [0.05, 0.1) is 0 Å². The molecule has 0 amide bonds. The van der Waals surface area contributed by atoms with Gasteiger partial charge in [0.25, 0.3) is 0 Å². The summed E-state index contributed by atoms with van der Waals surface area (Å²) in [5, 5.41) is 1.41. The van der Waals surface area contributed by atoms with E-state index < -0.39 is 0 Å². The monoisotopic (exact) mass is 360 g/mol. The highest BCUT2D eigenvalue weighted by Crippen LogP contribution is 2.32. The maximum atomic E-state index is 13.1. The maximum Gasteiger partial charge on any atom is 0.123 e. The Morgan fingerprint density at radius 3 is 2.70 bits per heavy atom. The average molecular weight is 360 g/mol. The number of H-pyrrole nitrogens is 1. The first-order valence-electron chi connectivity index (χ1n) is 10.0. The minimum Gasteiger partial charge on any atom is -0.358 e. The van der Waals surface area contributed by atoms with Gasteiger partial charge in [-0.3, -0.25) is 4.90 Å². The van der Waals surface area contributed by atoms with Crippen LogP contribution in [0.3, 0.4) is 0 Å². The van der Waals surface area contributed by atoms with E-state index in [0.717, 1.165) is 31.0 Å². The molecule has 0 saturated carbocycles. The number of aromatic nitrogens is 1. The average Bonchev–Trinajstić information content (AvgIpc) is 3.07. The molecule has 2 aromatic carbocycles. The van der Waals surface area contributed by atoms with E-state index >= 15 is 0 Å². The number of nitrogens with zero attached hydrogens (tertiary/aromatic N) is 1. The third-order valence-corrected chi connectivity index (χ3v) is 6.22. The molecule has 0 fully saturated rings. The topological polar surface area (TPSA) is 19.0 Å². The van der Waals surface area contributed by atoms with Crippen LogP contribution in [0.2, 0.25) is 0 Å². The Balaban J connectivity index is 1.25. The third-order valence-electron chi connectivity index (χ3n) is 6.22. The molecule has 0 radical (unpaired) electrons. The molecule has 138 valence electrons. The van der Waals surface area contributed by atoms with Crippen LogP contribution < -0.4 is 0 Å². The molecule has 2 aliphatic rings. The van der Waals surface area contributed by atoms with Crippen molar-refractivity contribution in [1.82, 2.24) is 9.88 Å². The van der Waals surface area contributed by atoms with Gasteiger partial charge in [0.15, 0.2) is 0 Å². The first-order chi connectivity index (χ1) is 13.3. The maximum absolute atomic E-state index is 13.1. The molecule has 1 aliphatic carbocycles. The molecule has 2 nitrogen and oxygen atoms in total. The molecule has 0 spiro atoms. The van der Waals surface area contributed by atoms with E-state index in [2.05, 4.69) is 40.2 Å². The molecule has 1 aliphatic heterocycles. The zero-order valence-electron chi connectivity index (χ0n) is 15.5. The zero-order chi connectivity index (χ0) is 18.2. The van der Waals surface area contributed by atoms with Crippen molar-refractivity contribution in [2.75, 3.05) is 19.6 Å². The number of para-hydroxylation sites is 1. The van der Waals surface area contributed by atoms with E-state index in [1.54, 1.807) is 17.7 Å². The fourth-order valence-corrected chi connectivity index (χ4v) is 4.77. The molecule has 0 saturated heterocycles. The Bertz CT molecular complexity index is 983. The van der Waals surface area contributed by atoms with Gasteiger partial charge in [-0.05, 0) is 66.5 Å². The Hall–Kier alpha value is -2.39. The van der Waals surface area contributed by atoms with Crippen LogP contribution in [0.25, 0.3) is 16.5 Å². The lowest BCUT2D eigenvalue weighted by Crippen LogP contribution is -2.35. The fourth-order valence-electron chi connectivity index (χ4n) is 4.77. The number of aromatic amines is 1. The van der Waals surface area contributed by atoms with Gasteiger partial charge in [-0.1, -0.05) is 36.4 Å². The van der Waals surface area contributed by atoms with E-state index in [1.165, 1.54) is 48.0 Å². The Morgan fingerprint density at radius 1 is 1.04 bits per heavy atom. The third kappa shape index (κ3) is 3.32. The molecule has 0 bridgehead atoms. The van der Waals surface area contributed by atoms with Gasteiger partial charge in [0.1, 0.15) is 5.82 Å². The second-order valence-electron chi connectivity index (χ2n) is 7.98. The summed E-state index contributed by atoms with van der Waals surface area (Å²) in [5.41, 5.74) is 6.80. The standard InChI is InChI=1S/C24H25FN2/c25-20-8-6-18(7-9-20)19-11-13-27(14-12-19)16-17-5-10-24-22(15-17)21-3-1-2-4-23(21)26-24/h1-4,6-9,11,17,26H,5,10,12-16H2. The SMILES string of the molecule is Fc1ccc(C2=CCN(CC3CCc4[nH]c5ccccc5c4C3)CC2)cc1. The largest absolute Gasteiger partial charge is 0.358 e. The van der Waals surface area contributed by atoms with Crippen molar-refractivity contribution in [2.45, 2.75) is 25.7 Å². The summed E-state index contributed by atoms with van der Waals surface area (Å²) in [6.07, 6.45) is 7.00. The molecule has 3 heteroatoms. The highest BCUT2D eigenvalue weighted by atomic mass is 19.1. The summed E-state index contributed by atoms with van der Waals surface area (Å²) < 4.78 is 13.1. The summed E-state index contributed by atoms with van der Waals surface area (Å²) >= 11 is 0. The zero-order valence-corrected chi connectivity index (χ0v) is 15.5. The number of benzene rings is 2. The van der Waals surface area contributed by atoms with Crippen molar-refractivity contribution in [3.8, 4) is 0 Å². The van der Waals surface area contributed by atoms with E-state index in [4.69, 9.17) is 0 Å². The van der Waals surface area contributed by atoms with Crippen LogP contribution in [0.5, 0.6) is 0 Å². The normalized spacial score (nSPS) is 20.5. The van der Waals surface area contributed by atoms with E-state index in [0.29, 0.717) is 0 Å². The Kier molecular flexibility index (Phi) is 4.33. The summed E-state index contributed by atoms with van der Waals surface area (Å²) in [5.74, 6) is 0.572. The van der Waals surface area contributed by atoms with E-state index in [1.807, 2.05) is 12.1 Å². The van der Waals surface area contributed by atoms with E-state index in [9.17, 15) is 4.39 Å². The quantitative estimate of drug-likeness (QED) is 0.680. The number of hydrogen-bond acceptors (Lipinski definition) is 1. The molecular formula is C24H25FN2. The number of nitrogens with one attached hydrogen (secondary N) is 1. The highest BCUT2D eigenvalue weighted by Gasteiger charge is 2.24. The van der Waals surface area contributed by atoms with Gasteiger partial charge in [-0.15, -0.1) is 0 Å². The lowest BCUT2D eigenvalue weighted by molar-refractivity contribution is 0.238. The minimum atomic E-state index is -0.161. The molecule has 1 atom stereocenters. The second kappa shape index (κ2) is 6.97. The van der Waals surface area contributed by atoms with Gasteiger partial charge in [0.2, 0.25) is 0 Å². The van der Waals surface area contributed by atoms with E-state index in [-0.39, 0.29) is 5.82 Å². The number of hydrogen-bond donors (Lipinski definition) is 1. The summed E-state index contributed by atoms with van der Waals surface area (Å²) in [6, 6.07) is 15.6. The van der Waals surface area contributed by atoms with Gasteiger partial charge < -0.3 is 4.98 Å². The number of rotatable bonds is 3. The molecule has 27 heavy (non-hydrogen) atoms. The van der Waals surface area contributed by atoms with Crippen LogP contribution in [-0.2, 0) is 12.8 Å². The molecule has 5 rings (SSSR count). The van der Waals surface area contributed by atoms with Crippen LogP contribution in [0, 0.1) is 11.7 Å². The van der Waals surface area contributed by atoms with Gasteiger partial charge >= 0.3 is 0 Å². The first-order valence-corrected chi connectivity index (χ1v) is 10.0. The Morgan fingerprint density at radius 2 is 1.89 bits per heavy atom. The molecule has 1 N–H and O–H groups in total. The van der Waals surface area contributed by atoms with Crippen LogP contribution >= 0.6 is 0 Å². The predicted octanol–water partition coefficient (Wildman–Crippen LogP) is 5.20. The number of aryl methyl sites for hydroxylation is 1. The fraction of sp³-hybridized carbons (Fsp3) is 0.333. The molecule has 3 aromatic rings. The summed E-state index contributed by atoms with van der Waals surface area (Å²) in [4.78, 5) is 6.20. The second-order valence-corrected chi connectivity index (χ2v) is 7.98.